The lowest BCUT2D eigenvalue weighted by Gasteiger charge is -2.05. The van der Waals surface area contributed by atoms with Crippen molar-refractivity contribution >= 4 is 16.0 Å². The van der Waals surface area contributed by atoms with E-state index in [4.69, 9.17) is 9.08 Å². The molecule has 2 N–H and O–H groups in total. The van der Waals surface area contributed by atoms with Gasteiger partial charge in [0.25, 0.3) is 0 Å². The summed E-state index contributed by atoms with van der Waals surface area (Å²) in [5.41, 5.74) is 2.20. The second-order valence-corrected chi connectivity index (χ2v) is 8.45. The molecule has 2 aromatic carbocycles. The van der Waals surface area contributed by atoms with Crippen LogP contribution in [0.2, 0.25) is 0 Å². The van der Waals surface area contributed by atoms with Crippen molar-refractivity contribution < 1.29 is 17.5 Å². The minimum absolute atomic E-state index is 0.0571. The van der Waals surface area contributed by atoms with E-state index in [0.29, 0.717) is 17.4 Å². The highest BCUT2D eigenvalue weighted by Crippen LogP contribution is 2.69. The zero-order valence-corrected chi connectivity index (χ0v) is 15.6. The smallest absolute Gasteiger partial charge is 0.339 e. The third-order valence-corrected chi connectivity index (χ3v) is 5.58. The van der Waals surface area contributed by atoms with Crippen molar-refractivity contribution in [1.29, 1.82) is 0 Å². The van der Waals surface area contributed by atoms with Crippen LogP contribution in [0.3, 0.4) is 0 Å². The van der Waals surface area contributed by atoms with E-state index >= 15 is 0 Å². The summed E-state index contributed by atoms with van der Waals surface area (Å²) in [4.78, 5) is 4.58. The minimum atomic E-state index is -4.28. The van der Waals surface area contributed by atoms with Crippen LogP contribution in [0.15, 0.2) is 59.1 Å². The van der Waals surface area contributed by atoms with Crippen LogP contribution in [0.25, 0.3) is 11.4 Å². The molecule has 27 heavy (non-hydrogen) atoms. The van der Waals surface area contributed by atoms with E-state index < -0.39 is 10.3 Å². The summed E-state index contributed by atoms with van der Waals surface area (Å²) < 4.78 is 38.3. The summed E-state index contributed by atoms with van der Waals surface area (Å²) in [7, 11) is -4.28. The second-order valence-electron chi connectivity index (χ2n) is 7.30. The molecule has 0 radical (unpaired) electrons. The maximum Gasteiger partial charge on any atom is 0.357 e. The van der Waals surface area contributed by atoms with Gasteiger partial charge < -0.3 is 4.52 Å². The molecule has 0 unspecified atom stereocenters. The predicted octanol–water partition coefficient (Wildman–Crippen LogP) is 3.86. The van der Waals surface area contributed by atoms with E-state index in [2.05, 4.69) is 24.0 Å². The fourth-order valence-electron chi connectivity index (χ4n) is 3.69. The van der Waals surface area contributed by atoms with Crippen molar-refractivity contribution in [3.8, 4) is 11.4 Å². The maximum atomic E-state index is 10.9. The van der Waals surface area contributed by atoms with Gasteiger partial charge in [-0.25, -0.2) is 0 Å². The van der Waals surface area contributed by atoms with Crippen molar-refractivity contribution in [2.75, 3.05) is 4.72 Å². The molecule has 0 amide bonds. The molecule has 1 aliphatic rings. The lowest BCUT2D eigenvalue weighted by atomic mass is 10.0. The van der Waals surface area contributed by atoms with Gasteiger partial charge in [-0.1, -0.05) is 61.5 Å². The average molecular weight is 385 g/mol. The van der Waals surface area contributed by atoms with Crippen molar-refractivity contribution in [2.24, 2.45) is 5.41 Å². The number of nitrogens with one attached hydrogen (secondary N) is 1. The number of hydrogen-bond donors (Lipinski definition) is 2. The zero-order chi connectivity index (χ0) is 19.2. The van der Waals surface area contributed by atoms with Crippen molar-refractivity contribution in [3.05, 3.63) is 66.1 Å². The fourth-order valence-corrected chi connectivity index (χ4v) is 4.13. The first-order valence-electron chi connectivity index (χ1n) is 8.50. The Labute approximate surface area is 157 Å². The zero-order valence-electron chi connectivity index (χ0n) is 14.8. The Kier molecular flexibility index (Phi) is 4.05. The molecule has 2 atom stereocenters. The van der Waals surface area contributed by atoms with E-state index in [1.54, 1.807) is 12.1 Å². The topological polar surface area (TPSA) is 105 Å². The standard InChI is InChI=1S/C19H19N3O4S/c1-19(2)15(12-8-10-14(11-9-12)22-27(23,24)25)16(19)18-20-17(21-26-18)13-6-4-3-5-7-13/h3-11,15-16,22H,1-2H3,(H,23,24,25)/t15-,16+/m0/s1. The van der Waals surface area contributed by atoms with Crippen LogP contribution in [0.4, 0.5) is 5.69 Å². The molecule has 140 valence electrons. The lowest BCUT2D eigenvalue weighted by molar-refractivity contribution is 0.368. The van der Waals surface area contributed by atoms with E-state index in [1.165, 1.54) is 0 Å². The number of nitrogens with zero attached hydrogens (tertiary/aromatic N) is 2. The second kappa shape index (κ2) is 6.17. The van der Waals surface area contributed by atoms with Gasteiger partial charge >= 0.3 is 10.3 Å². The number of benzene rings is 2. The van der Waals surface area contributed by atoms with Crippen molar-refractivity contribution in [2.45, 2.75) is 25.7 Å². The Morgan fingerprint density at radius 1 is 1.04 bits per heavy atom. The molecule has 3 aromatic rings. The van der Waals surface area contributed by atoms with Gasteiger partial charge in [0, 0.05) is 11.5 Å². The SMILES string of the molecule is CC1(C)[C@@H](c2ccc(NS(=O)(=O)O)cc2)[C@@H]1c1nc(-c2ccccc2)no1. The third kappa shape index (κ3) is 3.45. The first kappa shape index (κ1) is 17.7. The highest BCUT2D eigenvalue weighted by Gasteiger charge is 2.61. The molecule has 0 bridgehead atoms. The number of hydrogen-bond acceptors (Lipinski definition) is 5. The van der Waals surface area contributed by atoms with Crippen LogP contribution < -0.4 is 4.72 Å². The Bertz CT molecular complexity index is 1060. The van der Waals surface area contributed by atoms with Gasteiger partial charge in [-0.15, -0.1) is 0 Å². The summed E-state index contributed by atoms with van der Waals surface area (Å²) in [6, 6.07) is 16.6. The summed E-state index contributed by atoms with van der Waals surface area (Å²) in [6.45, 7) is 4.28. The third-order valence-electron chi connectivity index (χ3n) is 5.08. The first-order chi connectivity index (χ1) is 12.8. The fraction of sp³-hybridized carbons (Fsp3) is 0.263. The van der Waals surface area contributed by atoms with Crippen LogP contribution >= 0.6 is 0 Å². The van der Waals surface area contributed by atoms with Gasteiger partial charge in [0.05, 0.1) is 11.6 Å². The van der Waals surface area contributed by atoms with Crippen LogP contribution in [0.5, 0.6) is 0 Å². The van der Waals surface area contributed by atoms with Crippen LogP contribution in [0, 0.1) is 5.41 Å². The lowest BCUT2D eigenvalue weighted by Crippen LogP contribution is -2.10. The molecule has 0 aliphatic heterocycles. The van der Waals surface area contributed by atoms with Crippen LogP contribution in [0.1, 0.15) is 37.1 Å². The van der Waals surface area contributed by atoms with Crippen molar-refractivity contribution in [3.63, 3.8) is 0 Å². The monoisotopic (exact) mass is 385 g/mol. The molecule has 4 rings (SSSR count). The number of rotatable bonds is 5. The van der Waals surface area contributed by atoms with E-state index in [-0.39, 0.29) is 17.3 Å². The summed E-state index contributed by atoms with van der Waals surface area (Å²) in [5, 5.41) is 4.11. The Morgan fingerprint density at radius 3 is 2.33 bits per heavy atom. The Hall–Kier alpha value is -2.71. The Balaban J connectivity index is 1.57. The van der Waals surface area contributed by atoms with Gasteiger partial charge in [-0.2, -0.15) is 13.4 Å². The molecule has 1 aromatic heterocycles. The molecule has 0 spiro atoms. The molecule has 0 saturated heterocycles. The van der Waals surface area contributed by atoms with E-state index in [9.17, 15) is 8.42 Å². The number of aromatic nitrogens is 2. The summed E-state index contributed by atoms with van der Waals surface area (Å²) >= 11 is 0. The van der Waals surface area contributed by atoms with Crippen LogP contribution in [-0.4, -0.2) is 23.1 Å². The average Bonchev–Trinajstić information content (AvgIpc) is 2.96. The highest BCUT2D eigenvalue weighted by molar-refractivity contribution is 7.87. The van der Waals surface area contributed by atoms with Gasteiger partial charge in [0.15, 0.2) is 0 Å². The highest BCUT2D eigenvalue weighted by atomic mass is 32.2. The molecule has 7 nitrogen and oxygen atoms in total. The molecule has 1 fully saturated rings. The molecule has 1 heterocycles. The summed E-state index contributed by atoms with van der Waals surface area (Å²) in [6.07, 6.45) is 0. The molecular weight excluding hydrogens is 366 g/mol. The molecular formula is C19H19N3O4S. The van der Waals surface area contributed by atoms with Crippen LogP contribution in [-0.2, 0) is 10.3 Å². The predicted molar refractivity (Wildman–Crippen MR) is 101 cm³/mol. The molecule has 8 heteroatoms. The number of anilines is 1. The van der Waals surface area contributed by atoms with Gasteiger partial charge in [0.2, 0.25) is 11.7 Å². The van der Waals surface area contributed by atoms with Gasteiger partial charge in [-0.05, 0) is 23.1 Å². The molecule has 1 saturated carbocycles. The van der Waals surface area contributed by atoms with Crippen molar-refractivity contribution in [1.82, 2.24) is 10.1 Å². The first-order valence-corrected chi connectivity index (χ1v) is 9.94. The Morgan fingerprint density at radius 2 is 1.70 bits per heavy atom. The van der Waals surface area contributed by atoms with E-state index in [0.717, 1.165) is 11.1 Å². The largest absolute Gasteiger partial charge is 0.357 e. The quantitative estimate of drug-likeness (QED) is 0.646. The minimum Gasteiger partial charge on any atom is -0.339 e. The maximum absolute atomic E-state index is 10.9. The summed E-state index contributed by atoms with van der Waals surface area (Å²) in [5.74, 6) is 1.44. The molecule has 1 aliphatic carbocycles. The normalized spacial score (nSPS) is 21.0. The van der Waals surface area contributed by atoms with E-state index in [1.807, 2.05) is 47.2 Å². The van der Waals surface area contributed by atoms with Gasteiger partial charge in [0.1, 0.15) is 0 Å². The van der Waals surface area contributed by atoms with Gasteiger partial charge in [-0.3, -0.25) is 9.27 Å².